The lowest BCUT2D eigenvalue weighted by molar-refractivity contribution is -0.140. The molecule has 1 saturated heterocycles. The van der Waals surface area contributed by atoms with Crippen LogP contribution in [0.3, 0.4) is 0 Å². The molecular formula is C17H32FN5O3. The Morgan fingerprint density at radius 3 is 2.62 bits per heavy atom. The molecule has 0 aromatic carbocycles. The van der Waals surface area contributed by atoms with Crippen LogP contribution in [0.1, 0.15) is 46.0 Å². The zero-order chi connectivity index (χ0) is 19.1. The van der Waals surface area contributed by atoms with Gasteiger partial charge in [0.15, 0.2) is 0 Å². The first-order chi connectivity index (χ1) is 12.4. The molecule has 2 fully saturated rings. The highest BCUT2D eigenvalue weighted by atomic mass is 19.1. The van der Waals surface area contributed by atoms with Crippen molar-refractivity contribution < 1.29 is 18.7 Å². The average Bonchev–Trinajstić information content (AvgIpc) is 2.57. The van der Waals surface area contributed by atoms with E-state index in [-0.39, 0.29) is 42.5 Å². The molecule has 6 unspecified atom stereocenters. The summed E-state index contributed by atoms with van der Waals surface area (Å²) in [5.74, 6) is -0.283. The number of hydrogen-bond donors (Lipinski definition) is 5. The highest BCUT2D eigenvalue weighted by Gasteiger charge is 2.30. The van der Waals surface area contributed by atoms with Crippen LogP contribution in [0.15, 0.2) is 0 Å². The van der Waals surface area contributed by atoms with Crippen LogP contribution in [0.5, 0.6) is 0 Å². The molecule has 1 aliphatic heterocycles. The zero-order valence-electron chi connectivity index (χ0n) is 15.8. The van der Waals surface area contributed by atoms with Gasteiger partial charge in [0.2, 0.25) is 0 Å². The molecule has 8 nitrogen and oxygen atoms in total. The molecule has 1 heterocycles. The highest BCUT2D eigenvalue weighted by Crippen LogP contribution is 2.26. The van der Waals surface area contributed by atoms with E-state index in [4.69, 9.17) is 0 Å². The molecule has 0 spiro atoms. The first kappa shape index (κ1) is 20.9. The van der Waals surface area contributed by atoms with E-state index in [9.17, 15) is 14.0 Å². The normalized spacial score (nSPS) is 34.8. The number of urea groups is 1. The number of hydrogen-bond acceptors (Lipinski definition) is 6. The van der Waals surface area contributed by atoms with Crippen LogP contribution in [0.2, 0.25) is 0 Å². The number of ether oxygens (including phenoxy) is 1. The second-order valence-electron chi connectivity index (χ2n) is 7.36. The molecular weight excluding hydrogens is 341 g/mol. The van der Waals surface area contributed by atoms with Crippen LogP contribution in [-0.4, -0.2) is 56.4 Å². The van der Waals surface area contributed by atoms with Crippen LogP contribution in [0.25, 0.3) is 0 Å². The van der Waals surface area contributed by atoms with E-state index in [1.54, 1.807) is 0 Å². The summed E-state index contributed by atoms with van der Waals surface area (Å²) in [6.45, 7) is 4.42. The Bertz CT molecular complexity index is 481. The van der Waals surface area contributed by atoms with Gasteiger partial charge in [0.1, 0.15) is 12.5 Å². The summed E-state index contributed by atoms with van der Waals surface area (Å²) < 4.78 is 18.2. The summed E-state index contributed by atoms with van der Waals surface area (Å²) >= 11 is 0. The van der Waals surface area contributed by atoms with Crippen molar-refractivity contribution in [1.29, 1.82) is 0 Å². The third-order valence-corrected chi connectivity index (χ3v) is 5.03. The molecule has 6 atom stereocenters. The van der Waals surface area contributed by atoms with Gasteiger partial charge in [-0.1, -0.05) is 6.92 Å². The molecule has 0 aromatic rings. The number of amides is 2. The monoisotopic (exact) mass is 373 g/mol. The number of carbonyl (C=O) groups excluding carboxylic acids is 2. The Balaban J connectivity index is 1.73. The van der Waals surface area contributed by atoms with Gasteiger partial charge in [-0.05, 0) is 38.5 Å². The molecule has 1 aliphatic carbocycles. The summed E-state index contributed by atoms with van der Waals surface area (Å²) in [6.07, 6.45) is 1.76. The minimum absolute atomic E-state index is 0.00647. The lowest BCUT2D eigenvalue weighted by atomic mass is 9.85. The fourth-order valence-electron chi connectivity index (χ4n) is 3.55. The quantitative estimate of drug-likeness (QED) is 0.436. The molecule has 2 amide bonds. The number of esters is 1. The Morgan fingerprint density at radius 2 is 1.92 bits per heavy atom. The topological polar surface area (TPSA) is 104 Å². The van der Waals surface area contributed by atoms with E-state index < -0.39 is 6.17 Å². The van der Waals surface area contributed by atoms with E-state index in [1.165, 1.54) is 7.11 Å². The van der Waals surface area contributed by atoms with Gasteiger partial charge in [-0.15, -0.1) is 0 Å². The lowest BCUT2D eigenvalue weighted by Gasteiger charge is -2.37. The smallest absolute Gasteiger partial charge is 0.317 e. The number of carbonyl (C=O) groups is 2. The van der Waals surface area contributed by atoms with Gasteiger partial charge in [0.05, 0.1) is 19.7 Å². The van der Waals surface area contributed by atoms with Crippen molar-refractivity contribution in [2.75, 3.05) is 13.7 Å². The minimum Gasteiger partial charge on any atom is -0.469 e. The standard InChI is InChI=1S/C17H32FN5O3/c1-10-8-12(4-5-13(10)18)21-17(25)23-16-20-11(2)9-14(22-16)19-7-6-15(24)26-3/h10-14,16,19-20,22H,4-9H2,1-3H3,(H2,21,23,25). The van der Waals surface area contributed by atoms with Crippen molar-refractivity contribution in [3.8, 4) is 0 Å². The van der Waals surface area contributed by atoms with Crippen molar-refractivity contribution in [1.82, 2.24) is 26.6 Å². The second kappa shape index (κ2) is 10.0. The van der Waals surface area contributed by atoms with Crippen LogP contribution in [0.4, 0.5) is 9.18 Å². The minimum atomic E-state index is -0.768. The van der Waals surface area contributed by atoms with Crippen LogP contribution < -0.4 is 26.6 Å². The van der Waals surface area contributed by atoms with Gasteiger partial charge in [-0.2, -0.15) is 0 Å². The Kier molecular flexibility index (Phi) is 8.05. The number of methoxy groups -OCH3 is 1. The number of nitrogens with one attached hydrogen (secondary N) is 5. The van der Waals surface area contributed by atoms with Crippen molar-refractivity contribution in [3.63, 3.8) is 0 Å². The van der Waals surface area contributed by atoms with E-state index in [0.717, 1.165) is 6.42 Å². The summed E-state index contributed by atoms with van der Waals surface area (Å²) in [7, 11) is 1.37. The third kappa shape index (κ3) is 6.69. The van der Waals surface area contributed by atoms with Gasteiger partial charge < -0.3 is 20.7 Å². The first-order valence-corrected chi connectivity index (χ1v) is 9.40. The average molecular weight is 373 g/mol. The molecule has 0 bridgehead atoms. The van der Waals surface area contributed by atoms with Gasteiger partial charge >= 0.3 is 12.0 Å². The molecule has 150 valence electrons. The zero-order valence-corrected chi connectivity index (χ0v) is 15.8. The Morgan fingerprint density at radius 1 is 1.15 bits per heavy atom. The number of alkyl halides is 1. The summed E-state index contributed by atoms with van der Waals surface area (Å²) in [6, 6.07) is -0.0712. The molecule has 5 N–H and O–H groups in total. The largest absolute Gasteiger partial charge is 0.469 e. The predicted octanol–water partition coefficient (Wildman–Crippen LogP) is 0.546. The van der Waals surface area contributed by atoms with Gasteiger partial charge in [-0.3, -0.25) is 15.4 Å². The summed E-state index contributed by atoms with van der Waals surface area (Å²) in [5, 5.41) is 15.6. The fourth-order valence-corrected chi connectivity index (χ4v) is 3.55. The predicted molar refractivity (Wildman–Crippen MR) is 95.9 cm³/mol. The van der Waals surface area contributed by atoms with Gasteiger partial charge in [0, 0.05) is 18.6 Å². The summed E-state index contributed by atoms with van der Waals surface area (Å²) in [4.78, 5) is 23.4. The van der Waals surface area contributed by atoms with E-state index in [2.05, 4.69) is 31.3 Å². The highest BCUT2D eigenvalue weighted by molar-refractivity contribution is 5.74. The number of rotatable bonds is 6. The maximum Gasteiger partial charge on any atom is 0.317 e. The third-order valence-electron chi connectivity index (χ3n) is 5.03. The lowest BCUT2D eigenvalue weighted by Crippen LogP contribution is -2.68. The maximum absolute atomic E-state index is 13.5. The van der Waals surface area contributed by atoms with E-state index in [0.29, 0.717) is 32.2 Å². The SMILES string of the molecule is COC(=O)CCNC1CC(C)NC(NC(=O)NC2CCC(F)C(C)C2)N1. The Labute approximate surface area is 154 Å². The fraction of sp³-hybridized carbons (Fsp3) is 0.882. The molecule has 2 rings (SSSR count). The molecule has 26 heavy (non-hydrogen) atoms. The van der Waals surface area contributed by atoms with Crippen LogP contribution >= 0.6 is 0 Å². The Hall–Kier alpha value is -1.45. The summed E-state index contributed by atoms with van der Waals surface area (Å²) in [5.41, 5.74) is 0. The van der Waals surface area contributed by atoms with Crippen molar-refractivity contribution >= 4 is 12.0 Å². The van der Waals surface area contributed by atoms with Crippen LogP contribution in [0, 0.1) is 5.92 Å². The molecule has 0 radical (unpaired) electrons. The maximum atomic E-state index is 13.5. The van der Waals surface area contributed by atoms with E-state index >= 15 is 0 Å². The van der Waals surface area contributed by atoms with Crippen molar-refractivity contribution in [3.05, 3.63) is 0 Å². The van der Waals surface area contributed by atoms with E-state index in [1.807, 2.05) is 13.8 Å². The van der Waals surface area contributed by atoms with Crippen LogP contribution in [-0.2, 0) is 9.53 Å². The van der Waals surface area contributed by atoms with Gasteiger partial charge in [0.25, 0.3) is 0 Å². The number of halogens is 1. The van der Waals surface area contributed by atoms with Crippen molar-refractivity contribution in [2.24, 2.45) is 5.92 Å². The molecule has 0 aromatic heterocycles. The molecule has 9 heteroatoms. The first-order valence-electron chi connectivity index (χ1n) is 9.40. The van der Waals surface area contributed by atoms with Crippen molar-refractivity contribution in [2.45, 2.75) is 76.7 Å². The van der Waals surface area contributed by atoms with Gasteiger partial charge in [-0.25, -0.2) is 9.18 Å². The molecule has 1 saturated carbocycles. The second-order valence-corrected chi connectivity index (χ2v) is 7.36. The molecule has 2 aliphatic rings.